The number of thiophene rings is 1. The summed E-state index contributed by atoms with van der Waals surface area (Å²) in [5.74, 6) is 0.0159. The van der Waals surface area contributed by atoms with E-state index in [4.69, 9.17) is 11.6 Å². The first-order chi connectivity index (χ1) is 9.56. The number of benzene rings is 1. The predicted octanol–water partition coefficient (Wildman–Crippen LogP) is 5.43. The lowest BCUT2D eigenvalue weighted by Crippen LogP contribution is -2.12. The van der Waals surface area contributed by atoms with Gasteiger partial charge in [-0.05, 0) is 64.8 Å². The Morgan fingerprint density at radius 1 is 1.45 bits per heavy atom. The molecule has 0 fully saturated rings. The third-order valence-electron chi connectivity index (χ3n) is 2.93. The maximum absolute atomic E-state index is 11.9. The number of aryl methyl sites for hydroxylation is 2. The Balaban J connectivity index is 1.86. The normalized spacial score (nSPS) is 10.6. The molecule has 2 aromatic rings. The third-order valence-corrected chi connectivity index (χ3v) is 4.93. The van der Waals surface area contributed by atoms with Gasteiger partial charge in [0.15, 0.2) is 0 Å². The molecule has 5 heteroatoms. The van der Waals surface area contributed by atoms with Crippen LogP contribution < -0.4 is 5.32 Å². The SMILES string of the molecule is Cc1cc(Br)c(NC(=O)CCCc2cccs2)cc1Cl. The number of hydrogen-bond acceptors (Lipinski definition) is 2. The van der Waals surface area contributed by atoms with Crippen LogP contribution in [0.5, 0.6) is 0 Å². The Morgan fingerprint density at radius 3 is 2.95 bits per heavy atom. The second-order valence-corrected chi connectivity index (χ2v) is 6.86. The summed E-state index contributed by atoms with van der Waals surface area (Å²) in [7, 11) is 0. The minimum atomic E-state index is 0.0159. The molecule has 1 aromatic heterocycles. The zero-order chi connectivity index (χ0) is 14.5. The van der Waals surface area contributed by atoms with E-state index >= 15 is 0 Å². The second kappa shape index (κ2) is 7.25. The summed E-state index contributed by atoms with van der Waals surface area (Å²) in [6.07, 6.45) is 2.31. The molecule has 0 radical (unpaired) electrons. The Labute approximate surface area is 136 Å². The lowest BCUT2D eigenvalue weighted by atomic mass is 10.2. The van der Waals surface area contributed by atoms with Crippen LogP contribution >= 0.6 is 38.9 Å². The summed E-state index contributed by atoms with van der Waals surface area (Å²) < 4.78 is 0.853. The summed E-state index contributed by atoms with van der Waals surface area (Å²) in [5, 5.41) is 5.60. The van der Waals surface area contributed by atoms with E-state index in [2.05, 4.69) is 32.7 Å². The molecule has 106 valence electrons. The van der Waals surface area contributed by atoms with Crippen LogP contribution in [0.3, 0.4) is 0 Å². The lowest BCUT2D eigenvalue weighted by Gasteiger charge is -2.09. The van der Waals surface area contributed by atoms with Gasteiger partial charge in [-0.15, -0.1) is 11.3 Å². The molecule has 0 aliphatic carbocycles. The summed E-state index contributed by atoms with van der Waals surface area (Å²) in [5.41, 5.74) is 1.70. The zero-order valence-electron chi connectivity index (χ0n) is 11.1. The predicted molar refractivity (Wildman–Crippen MR) is 89.8 cm³/mol. The maximum atomic E-state index is 11.9. The lowest BCUT2D eigenvalue weighted by molar-refractivity contribution is -0.116. The van der Waals surface area contributed by atoms with Gasteiger partial charge in [-0.2, -0.15) is 0 Å². The molecule has 1 aromatic carbocycles. The molecule has 0 bridgehead atoms. The molecule has 0 aliphatic heterocycles. The Hall–Kier alpha value is -0.840. The molecule has 0 saturated carbocycles. The molecule has 1 N–H and O–H groups in total. The van der Waals surface area contributed by atoms with E-state index in [1.807, 2.05) is 19.1 Å². The van der Waals surface area contributed by atoms with E-state index in [-0.39, 0.29) is 5.91 Å². The largest absolute Gasteiger partial charge is 0.325 e. The monoisotopic (exact) mass is 371 g/mol. The van der Waals surface area contributed by atoms with Crippen LogP contribution in [0.25, 0.3) is 0 Å². The summed E-state index contributed by atoms with van der Waals surface area (Å²) in [6, 6.07) is 7.81. The van der Waals surface area contributed by atoms with Crippen molar-refractivity contribution in [1.82, 2.24) is 0 Å². The smallest absolute Gasteiger partial charge is 0.224 e. The van der Waals surface area contributed by atoms with Gasteiger partial charge in [0.2, 0.25) is 5.91 Å². The van der Waals surface area contributed by atoms with Gasteiger partial charge in [-0.3, -0.25) is 4.79 Å². The van der Waals surface area contributed by atoms with E-state index in [9.17, 15) is 4.79 Å². The van der Waals surface area contributed by atoms with Gasteiger partial charge in [-0.1, -0.05) is 17.7 Å². The highest BCUT2D eigenvalue weighted by atomic mass is 79.9. The van der Waals surface area contributed by atoms with Crippen LogP contribution in [0.2, 0.25) is 5.02 Å². The van der Waals surface area contributed by atoms with Crippen LogP contribution in [0, 0.1) is 6.92 Å². The van der Waals surface area contributed by atoms with Crippen molar-refractivity contribution in [2.75, 3.05) is 5.32 Å². The van der Waals surface area contributed by atoms with E-state index in [0.29, 0.717) is 11.4 Å². The number of hydrogen-bond donors (Lipinski definition) is 1. The first-order valence-corrected chi connectivity index (χ1v) is 8.39. The van der Waals surface area contributed by atoms with E-state index in [1.165, 1.54) is 4.88 Å². The number of carbonyl (C=O) groups is 1. The van der Waals surface area contributed by atoms with Gasteiger partial charge in [0.25, 0.3) is 0 Å². The number of rotatable bonds is 5. The van der Waals surface area contributed by atoms with Gasteiger partial charge in [-0.25, -0.2) is 0 Å². The average molecular weight is 373 g/mol. The number of anilines is 1. The van der Waals surface area contributed by atoms with E-state index in [0.717, 1.165) is 28.6 Å². The Bertz CT molecular complexity index is 598. The van der Waals surface area contributed by atoms with Crippen molar-refractivity contribution >= 4 is 50.5 Å². The van der Waals surface area contributed by atoms with Crippen LogP contribution in [-0.2, 0) is 11.2 Å². The van der Waals surface area contributed by atoms with Crippen LogP contribution in [0.15, 0.2) is 34.1 Å². The number of carbonyl (C=O) groups excluding carboxylic acids is 1. The van der Waals surface area contributed by atoms with Crippen molar-refractivity contribution in [1.29, 1.82) is 0 Å². The molecule has 0 unspecified atom stereocenters. The fourth-order valence-electron chi connectivity index (χ4n) is 1.83. The summed E-state index contributed by atoms with van der Waals surface area (Å²) in [4.78, 5) is 13.2. The molecule has 2 rings (SSSR count). The minimum Gasteiger partial charge on any atom is -0.325 e. The molecule has 0 saturated heterocycles. The van der Waals surface area contributed by atoms with Crippen molar-refractivity contribution in [2.24, 2.45) is 0 Å². The van der Waals surface area contributed by atoms with Gasteiger partial charge < -0.3 is 5.32 Å². The molecule has 20 heavy (non-hydrogen) atoms. The first-order valence-electron chi connectivity index (χ1n) is 6.34. The van der Waals surface area contributed by atoms with Crippen LogP contribution in [0.4, 0.5) is 5.69 Å². The third kappa shape index (κ3) is 4.33. The molecule has 1 heterocycles. The van der Waals surface area contributed by atoms with Crippen molar-refractivity contribution in [3.63, 3.8) is 0 Å². The highest BCUT2D eigenvalue weighted by Gasteiger charge is 2.08. The molecular formula is C15H15BrClNOS. The van der Waals surface area contributed by atoms with Crippen molar-refractivity contribution < 1.29 is 4.79 Å². The van der Waals surface area contributed by atoms with Gasteiger partial charge in [0, 0.05) is 20.8 Å². The first kappa shape index (κ1) is 15.5. The summed E-state index contributed by atoms with van der Waals surface area (Å²) >= 11 is 11.2. The second-order valence-electron chi connectivity index (χ2n) is 4.56. The average Bonchev–Trinajstić information content (AvgIpc) is 2.89. The Kier molecular flexibility index (Phi) is 5.64. The maximum Gasteiger partial charge on any atom is 0.224 e. The number of halogens is 2. The van der Waals surface area contributed by atoms with Crippen molar-refractivity contribution in [2.45, 2.75) is 26.2 Å². The Morgan fingerprint density at radius 2 is 2.25 bits per heavy atom. The quantitative estimate of drug-likeness (QED) is 0.744. The molecule has 0 aliphatic rings. The summed E-state index contributed by atoms with van der Waals surface area (Å²) in [6.45, 7) is 1.93. The van der Waals surface area contributed by atoms with Gasteiger partial charge >= 0.3 is 0 Å². The highest BCUT2D eigenvalue weighted by molar-refractivity contribution is 9.10. The van der Waals surface area contributed by atoms with Gasteiger partial charge in [0.05, 0.1) is 5.69 Å². The van der Waals surface area contributed by atoms with Crippen molar-refractivity contribution in [3.05, 3.63) is 49.6 Å². The number of amides is 1. The fourth-order valence-corrected chi connectivity index (χ4v) is 3.30. The molecule has 2 nitrogen and oxygen atoms in total. The molecule has 0 spiro atoms. The van der Waals surface area contributed by atoms with Crippen LogP contribution in [0.1, 0.15) is 23.3 Å². The standard InChI is InChI=1S/C15H15BrClNOS/c1-10-8-12(16)14(9-13(10)17)18-15(19)6-2-4-11-5-3-7-20-11/h3,5,7-9H,2,4,6H2,1H3,(H,18,19). The molecular weight excluding hydrogens is 358 g/mol. The highest BCUT2D eigenvalue weighted by Crippen LogP contribution is 2.29. The topological polar surface area (TPSA) is 29.1 Å². The zero-order valence-corrected chi connectivity index (χ0v) is 14.2. The fraction of sp³-hybridized carbons (Fsp3) is 0.267. The van der Waals surface area contributed by atoms with Crippen LogP contribution in [-0.4, -0.2) is 5.91 Å². The van der Waals surface area contributed by atoms with Gasteiger partial charge in [0.1, 0.15) is 0 Å². The van der Waals surface area contributed by atoms with E-state index in [1.54, 1.807) is 17.4 Å². The van der Waals surface area contributed by atoms with Crippen molar-refractivity contribution in [3.8, 4) is 0 Å². The molecule has 1 amide bonds. The molecule has 0 atom stereocenters. The van der Waals surface area contributed by atoms with E-state index < -0.39 is 0 Å². The minimum absolute atomic E-state index is 0.0159. The number of nitrogens with one attached hydrogen (secondary N) is 1.